The Balaban J connectivity index is 0. The number of anilines is 1. The van der Waals surface area contributed by atoms with Gasteiger partial charge in [0.1, 0.15) is 12.6 Å². The van der Waals surface area contributed by atoms with Gasteiger partial charge in [-0.25, -0.2) is 9.78 Å². The molecule has 0 spiro atoms. The second-order valence-corrected chi connectivity index (χ2v) is 6.45. The van der Waals surface area contributed by atoms with Crippen molar-refractivity contribution in [2.24, 2.45) is 5.41 Å². The van der Waals surface area contributed by atoms with Crippen molar-refractivity contribution < 1.29 is 23.9 Å². The second-order valence-electron chi connectivity index (χ2n) is 6.45. The zero-order valence-electron chi connectivity index (χ0n) is 20.0. The van der Waals surface area contributed by atoms with Gasteiger partial charge in [0, 0.05) is 18.7 Å². The number of carbonyl (C=O) groups is 1. The fourth-order valence-electron chi connectivity index (χ4n) is 2.16. The van der Waals surface area contributed by atoms with Gasteiger partial charge in [-0.2, -0.15) is 0 Å². The number of nitro groups is 1. The number of ether oxygens (including phenoxy) is 3. The third-order valence-electron chi connectivity index (χ3n) is 3.79. The van der Waals surface area contributed by atoms with Crippen LogP contribution in [0.3, 0.4) is 0 Å². The number of hydrogen-bond acceptors (Lipinski definition) is 9. The topological polar surface area (TPSA) is 160 Å². The summed E-state index contributed by atoms with van der Waals surface area (Å²) in [6, 6.07) is 1.52. The number of nitrogens with two attached hydrogens (primary N) is 1. The Morgan fingerprint density at radius 1 is 1.38 bits per heavy atom. The number of hydrogen-bond donors (Lipinski definition) is 2. The Morgan fingerprint density at radius 2 is 1.94 bits per heavy atom. The van der Waals surface area contributed by atoms with Crippen molar-refractivity contribution in [2.45, 2.75) is 48.0 Å². The fraction of sp³-hybridized carbons (Fsp3) is 0.571. The zero-order valence-corrected chi connectivity index (χ0v) is 20.0. The maximum Gasteiger partial charge on any atom is 0.346 e. The Bertz CT molecular complexity index is 790. The molecule has 1 aromatic rings. The fourth-order valence-corrected chi connectivity index (χ4v) is 2.16. The molecule has 0 radical (unpaired) electrons. The Hall–Kier alpha value is -3.05. The van der Waals surface area contributed by atoms with E-state index in [1.165, 1.54) is 26.3 Å². The normalized spacial score (nSPS) is 13.3. The van der Waals surface area contributed by atoms with Gasteiger partial charge in [0.15, 0.2) is 0 Å². The molecule has 1 aliphatic heterocycles. The first-order valence-electron chi connectivity index (χ1n) is 10.1. The van der Waals surface area contributed by atoms with Gasteiger partial charge in [-0.1, -0.05) is 32.9 Å². The van der Waals surface area contributed by atoms with Crippen molar-refractivity contribution in [3.63, 3.8) is 0 Å². The van der Waals surface area contributed by atoms with Crippen LogP contribution in [0.1, 0.15) is 48.0 Å². The minimum atomic E-state index is -1.03. The Labute approximate surface area is 188 Å². The van der Waals surface area contributed by atoms with Crippen LogP contribution in [0, 0.1) is 15.5 Å². The molecule has 1 saturated heterocycles. The van der Waals surface area contributed by atoms with Crippen LogP contribution in [0.25, 0.3) is 0 Å². The quantitative estimate of drug-likeness (QED) is 0.294. The largest absolute Gasteiger partial charge is 0.468 e. The van der Waals surface area contributed by atoms with Crippen LogP contribution in [0.2, 0.25) is 0 Å². The van der Waals surface area contributed by atoms with Gasteiger partial charge < -0.3 is 19.9 Å². The highest BCUT2D eigenvalue weighted by Gasteiger charge is 2.36. The van der Waals surface area contributed by atoms with E-state index >= 15 is 0 Å². The number of nitrogens with one attached hydrogen (secondary N) is 1. The molecule has 0 atom stereocenters. The molecule has 2 rings (SSSR count). The van der Waals surface area contributed by atoms with Crippen LogP contribution in [-0.2, 0) is 19.0 Å². The van der Waals surface area contributed by atoms with Crippen molar-refractivity contribution in [1.82, 2.24) is 9.97 Å². The van der Waals surface area contributed by atoms with Crippen molar-refractivity contribution >= 4 is 11.8 Å². The molecule has 1 fully saturated rings. The van der Waals surface area contributed by atoms with E-state index < -0.39 is 22.0 Å². The molecule has 182 valence electrons. The number of H-pyrrole nitrogens is 1. The summed E-state index contributed by atoms with van der Waals surface area (Å²) >= 11 is 0. The lowest BCUT2D eigenvalue weighted by Crippen LogP contribution is -2.29. The number of esters is 1. The van der Waals surface area contributed by atoms with Crippen LogP contribution in [0.15, 0.2) is 40.5 Å². The lowest BCUT2D eigenvalue weighted by Gasteiger charge is -2.22. The summed E-state index contributed by atoms with van der Waals surface area (Å²) in [6.07, 6.45) is 5.50. The maximum absolute atomic E-state index is 11.7. The molecule has 32 heavy (non-hydrogen) atoms. The van der Waals surface area contributed by atoms with E-state index in [-0.39, 0.29) is 5.70 Å². The molecule has 1 aliphatic rings. The molecule has 0 aliphatic carbocycles. The standard InChI is InChI=1S/C12H19NO4.C4H5N3O.C3H6O2.C2H6/c1-6-7-8-10(9(2)13(15)16)12(3,4)11(14)17-5;5-3-1-2-6-4(8)7-3;1-2-5-3-4-1;1-2/h7-8H,6H2,1-5H3;1-2H,(H3,5,6,7,8);1-3H2;1-2H3/b8-7-,10-9-;;;. The summed E-state index contributed by atoms with van der Waals surface area (Å²) in [5, 5.41) is 10.8. The number of aromatic nitrogens is 2. The number of nitrogens with zero attached hydrogens (tertiary/aromatic N) is 2. The van der Waals surface area contributed by atoms with Gasteiger partial charge in [0.2, 0.25) is 5.70 Å². The zero-order chi connectivity index (χ0) is 25.2. The average molecular weight is 457 g/mol. The average Bonchev–Trinajstić information content (AvgIpc) is 3.35. The van der Waals surface area contributed by atoms with Gasteiger partial charge in [-0.3, -0.25) is 19.9 Å². The van der Waals surface area contributed by atoms with Gasteiger partial charge in [0.05, 0.1) is 30.7 Å². The first-order valence-corrected chi connectivity index (χ1v) is 10.1. The summed E-state index contributed by atoms with van der Waals surface area (Å²) in [6.45, 7) is 12.6. The number of carbonyl (C=O) groups excluding carboxylic acids is 1. The van der Waals surface area contributed by atoms with Crippen LogP contribution < -0.4 is 11.4 Å². The highest BCUT2D eigenvalue weighted by atomic mass is 16.7. The molecule has 0 saturated carbocycles. The molecule has 0 aromatic carbocycles. The van der Waals surface area contributed by atoms with E-state index in [1.54, 1.807) is 26.0 Å². The number of aromatic amines is 1. The lowest BCUT2D eigenvalue weighted by atomic mass is 9.82. The molecule has 0 amide bonds. The SMILES string of the molecule is C1COCO1.CC.CC/C=C\C(=C(/C)[N+](=O)[O-])C(C)(C)C(=O)OC.Nc1ccnc(=O)[nH]1. The number of allylic oxidation sites excluding steroid dienone is 3. The second kappa shape index (κ2) is 17.6. The highest BCUT2D eigenvalue weighted by Crippen LogP contribution is 2.31. The van der Waals surface area contributed by atoms with Gasteiger partial charge in [0.25, 0.3) is 0 Å². The van der Waals surface area contributed by atoms with Gasteiger partial charge in [-0.15, -0.1) is 0 Å². The van der Waals surface area contributed by atoms with Crippen molar-refractivity contribution in [3.8, 4) is 0 Å². The lowest BCUT2D eigenvalue weighted by molar-refractivity contribution is -0.425. The molecule has 11 nitrogen and oxygen atoms in total. The first kappa shape index (κ1) is 31.1. The summed E-state index contributed by atoms with van der Waals surface area (Å²) in [4.78, 5) is 37.9. The first-order chi connectivity index (χ1) is 15.1. The van der Waals surface area contributed by atoms with E-state index in [2.05, 4.69) is 14.7 Å². The van der Waals surface area contributed by atoms with Gasteiger partial charge >= 0.3 is 11.7 Å². The highest BCUT2D eigenvalue weighted by molar-refractivity contribution is 5.80. The summed E-state index contributed by atoms with van der Waals surface area (Å²) in [7, 11) is 1.27. The maximum atomic E-state index is 11.7. The van der Waals surface area contributed by atoms with E-state index in [9.17, 15) is 19.7 Å². The van der Waals surface area contributed by atoms with Crippen LogP contribution >= 0.6 is 0 Å². The summed E-state index contributed by atoms with van der Waals surface area (Å²) in [5.74, 6) is -0.153. The van der Waals surface area contributed by atoms with Crippen molar-refractivity contribution in [1.29, 1.82) is 0 Å². The van der Waals surface area contributed by atoms with Crippen LogP contribution in [0.5, 0.6) is 0 Å². The van der Waals surface area contributed by atoms with E-state index in [0.29, 0.717) is 18.2 Å². The third-order valence-corrected chi connectivity index (χ3v) is 3.79. The molecule has 3 N–H and O–H groups in total. The van der Waals surface area contributed by atoms with E-state index in [0.717, 1.165) is 19.6 Å². The Morgan fingerprint density at radius 3 is 2.25 bits per heavy atom. The van der Waals surface area contributed by atoms with E-state index in [1.807, 2.05) is 20.8 Å². The number of nitrogen functional groups attached to an aromatic ring is 1. The molecular weight excluding hydrogens is 420 g/mol. The predicted molar refractivity (Wildman–Crippen MR) is 122 cm³/mol. The van der Waals surface area contributed by atoms with Gasteiger partial charge in [-0.05, 0) is 26.3 Å². The number of methoxy groups -OCH3 is 1. The molecular formula is C21H36N4O7. The van der Waals surface area contributed by atoms with E-state index in [4.69, 9.17) is 15.2 Å². The van der Waals surface area contributed by atoms with Crippen molar-refractivity contribution in [2.75, 3.05) is 32.9 Å². The minimum Gasteiger partial charge on any atom is -0.468 e. The monoisotopic (exact) mass is 456 g/mol. The summed E-state index contributed by atoms with van der Waals surface area (Å²) in [5.41, 5.74) is 4.06. The molecule has 11 heteroatoms. The van der Waals surface area contributed by atoms with Crippen LogP contribution in [0.4, 0.5) is 5.82 Å². The Kier molecular flexibility index (Phi) is 17.1. The predicted octanol–water partition coefficient (Wildman–Crippen LogP) is 3.07. The van der Waals surface area contributed by atoms with Crippen LogP contribution in [-0.4, -0.2) is 48.0 Å². The number of rotatable bonds is 5. The summed E-state index contributed by atoms with van der Waals surface area (Å²) < 4.78 is 14.1. The molecule has 0 bridgehead atoms. The molecule has 1 aromatic heterocycles. The minimum absolute atomic E-state index is 0.0369. The third kappa shape index (κ3) is 12.6. The molecule has 0 unspecified atom stereocenters. The molecule has 2 heterocycles. The van der Waals surface area contributed by atoms with Crippen molar-refractivity contribution in [3.05, 3.63) is 56.3 Å². The smallest absolute Gasteiger partial charge is 0.346 e.